The highest BCUT2D eigenvalue weighted by Crippen LogP contribution is 2.41. The van der Waals surface area contributed by atoms with Gasteiger partial charge < -0.3 is 20.3 Å². The van der Waals surface area contributed by atoms with Crippen LogP contribution >= 0.6 is 58.5 Å². The van der Waals surface area contributed by atoms with Gasteiger partial charge in [0.05, 0.1) is 22.4 Å². The van der Waals surface area contributed by atoms with E-state index in [0.29, 0.717) is 32.0 Å². The number of halogens is 2. The number of aryl methyl sites for hydroxylation is 2. The smallest absolute Gasteiger partial charge is 0.253 e. The number of amides is 2. The first-order valence-corrected chi connectivity index (χ1v) is 16.6. The van der Waals surface area contributed by atoms with Crippen molar-refractivity contribution in [1.82, 2.24) is 10.2 Å². The van der Waals surface area contributed by atoms with Crippen molar-refractivity contribution in [3.05, 3.63) is 93.9 Å². The first-order chi connectivity index (χ1) is 20.2. The van der Waals surface area contributed by atoms with Crippen LogP contribution in [0.5, 0.6) is 5.75 Å². The van der Waals surface area contributed by atoms with Gasteiger partial charge in [-0.3, -0.25) is 14.5 Å². The standard InChI is InChI=1S/C29H25Cl2N3O5S3/c30-19-3-6-22(31)23(13-19)41-16-24(36)32-25-27(37)34-26(29(38)39)18(15-42-28(25)34)14-40-21-8-11-33(12-9-21)10-7-17-1-4-20(35)5-2-17/h1-6,8-9,11-13,25,28H,7,10,14-16H2,(H2-,32,35,36,38,39)/t25-,28-/m1/s1. The number of pyridine rings is 1. The molecule has 3 aromatic rings. The number of fused-ring (bicyclic) bond motifs is 1. The molecular formula is C29H25Cl2N3O5S3. The van der Waals surface area contributed by atoms with Crippen LogP contribution in [0, 0.1) is 0 Å². The van der Waals surface area contributed by atoms with Crippen molar-refractivity contribution < 1.29 is 29.2 Å². The number of carboxylic acid groups (broad SMARTS) is 1. The molecular weight excluding hydrogens is 637 g/mol. The third-order valence-corrected chi connectivity index (χ3v) is 10.8. The Morgan fingerprint density at radius 1 is 1.10 bits per heavy atom. The lowest BCUT2D eigenvalue weighted by atomic mass is 10.0. The normalized spacial score (nSPS) is 18.0. The number of phenolic OH excluding ortho intramolecular Hbond substituents is 1. The van der Waals surface area contributed by atoms with Crippen molar-refractivity contribution in [3.63, 3.8) is 0 Å². The summed E-state index contributed by atoms with van der Waals surface area (Å²) in [6.07, 6.45) is 4.75. The van der Waals surface area contributed by atoms with E-state index < -0.39 is 23.3 Å². The van der Waals surface area contributed by atoms with E-state index in [1.807, 2.05) is 36.7 Å². The molecule has 1 fully saturated rings. The van der Waals surface area contributed by atoms with Gasteiger partial charge in [-0.2, -0.15) is 0 Å². The zero-order valence-corrected chi connectivity index (χ0v) is 26.0. The average Bonchev–Trinajstić information content (AvgIpc) is 2.98. The topological polar surface area (TPSA) is 114 Å². The molecule has 8 nitrogen and oxygen atoms in total. The minimum Gasteiger partial charge on any atom is -0.543 e. The fourth-order valence-electron chi connectivity index (χ4n) is 4.51. The second-order valence-corrected chi connectivity index (χ2v) is 13.5. The highest BCUT2D eigenvalue weighted by atomic mass is 35.5. The van der Waals surface area contributed by atoms with Crippen LogP contribution in [0.4, 0.5) is 0 Å². The number of phenols is 1. The Balaban J connectivity index is 1.15. The summed E-state index contributed by atoms with van der Waals surface area (Å²) in [6.45, 7) is 0.773. The molecule has 218 valence electrons. The van der Waals surface area contributed by atoms with Gasteiger partial charge in [0.15, 0.2) is 18.9 Å². The summed E-state index contributed by atoms with van der Waals surface area (Å²) >= 11 is 16.3. The van der Waals surface area contributed by atoms with E-state index in [0.717, 1.165) is 23.4 Å². The molecule has 42 heavy (non-hydrogen) atoms. The molecule has 5 rings (SSSR count). The molecule has 13 heteroatoms. The summed E-state index contributed by atoms with van der Waals surface area (Å²) in [5.74, 6) is -1.17. The van der Waals surface area contributed by atoms with Crippen molar-refractivity contribution in [2.24, 2.45) is 0 Å². The van der Waals surface area contributed by atoms with Crippen molar-refractivity contribution in [2.45, 2.75) is 34.2 Å². The second-order valence-electron chi connectivity index (χ2n) is 9.53. The Hall–Kier alpha value is -2.83. The third kappa shape index (κ3) is 7.20. The zero-order valence-electron chi connectivity index (χ0n) is 22.0. The molecule has 2 aliphatic rings. The number of hydrogen-bond donors (Lipinski definition) is 2. The molecule has 0 bridgehead atoms. The molecule has 2 aromatic carbocycles. The number of hydrogen-bond acceptors (Lipinski definition) is 8. The van der Waals surface area contributed by atoms with Gasteiger partial charge in [-0.05, 0) is 41.5 Å². The van der Waals surface area contributed by atoms with Crippen LogP contribution in [-0.2, 0) is 27.3 Å². The predicted molar refractivity (Wildman–Crippen MR) is 163 cm³/mol. The molecule has 0 aliphatic carbocycles. The number of nitrogens with one attached hydrogen (secondary N) is 1. The average molecular weight is 663 g/mol. The van der Waals surface area contributed by atoms with Gasteiger partial charge in [0.2, 0.25) is 5.91 Å². The first-order valence-electron chi connectivity index (χ1n) is 12.8. The number of carbonyl (C=O) groups excluding carboxylic acids is 3. The highest BCUT2D eigenvalue weighted by molar-refractivity contribution is 8.01. The number of aromatic nitrogens is 1. The number of nitrogens with zero attached hydrogens (tertiary/aromatic N) is 2. The van der Waals surface area contributed by atoms with Crippen molar-refractivity contribution in [3.8, 4) is 5.75 Å². The zero-order chi connectivity index (χ0) is 29.8. The monoisotopic (exact) mass is 661 g/mol. The molecule has 1 aromatic heterocycles. The summed E-state index contributed by atoms with van der Waals surface area (Å²) < 4.78 is 2.05. The van der Waals surface area contributed by atoms with Gasteiger partial charge in [0.25, 0.3) is 5.91 Å². The quantitative estimate of drug-likeness (QED) is 0.182. The van der Waals surface area contributed by atoms with Crippen LogP contribution in [-0.4, -0.2) is 56.5 Å². The molecule has 2 amide bonds. The fourth-order valence-corrected chi connectivity index (χ4v) is 8.18. The lowest BCUT2D eigenvalue weighted by molar-refractivity contribution is -0.696. The van der Waals surface area contributed by atoms with Crippen LogP contribution in [0.25, 0.3) is 0 Å². The lowest BCUT2D eigenvalue weighted by Gasteiger charge is -2.50. The molecule has 0 spiro atoms. The SMILES string of the molecule is O=C(CSc1cc(Cl)ccc1Cl)N[C@@H]1C(=O)N2C(C(=O)[O-])=C(CSc3cc[n+](CCc4ccc(O)cc4)cc3)CS[C@H]12. The van der Waals surface area contributed by atoms with Crippen LogP contribution in [0.1, 0.15) is 5.56 Å². The highest BCUT2D eigenvalue weighted by Gasteiger charge is 2.52. The molecule has 0 unspecified atom stereocenters. The van der Waals surface area contributed by atoms with E-state index in [1.54, 1.807) is 30.3 Å². The van der Waals surface area contributed by atoms with E-state index in [1.165, 1.54) is 40.2 Å². The molecule has 2 aliphatic heterocycles. The van der Waals surface area contributed by atoms with E-state index in [4.69, 9.17) is 23.2 Å². The number of carbonyl (C=O) groups is 3. The molecule has 0 radical (unpaired) electrons. The van der Waals surface area contributed by atoms with E-state index >= 15 is 0 Å². The van der Waals surface area contributed by atoms with Crippen molar-refractivity contribution in [1.29, 1.82) is 0 Å². The maximum absolute atomic E-state index is 13.0. The number of β-lactam (4-membered cyclic amide) rings is 1. The maximum Gasteiger partial charge on any atom is 0.253 e. The molecule has 1 saturated heterocycles. The van der Waals surface area contributed by atoms with Gasteiger partial charge in [-0.15, -0.1) is 35.3 Å². The fraction of sp³-hybridized carbons (Fsp3) is 0.241. The Bertz CT molecular complexity index is 1540. The van der Waals surface area contributed by atoms with Crippen molar-refractivity contribution in [2.75, 3.05) is 17.3 Å². The predicted octanol–water partition coefficient (Wildman–Crippen LogP) is 3.52. The van der Waals surface area contributed by atoms with Gasteiger partial charge >= 0.3 is 0 Å². The maximum atomic E-state index is 13.0. The molecule has 2 atom stereocenters. The summed E-state index contributed by atoms with van der Waals surface area (Å²) in [4.78, 5) is 40.5. The van der Waals surface area contributed by atoms with E-state index in [2.05, 4.69) is 9.88 Å². The van der Waals surface area contributed by atoms with Gasteiger partial charge in [-0.1, -0.05) is 35.3 Å². The van der Waals surface area contributed by atoms with Crippen LogP contribution in [0.3, 0.4) is 0 Å². The minimum absolute atomic E-state index is 0.0280. The first kappa shape index (κ1) is 30.6. The second kappa shape index (κ2) is 13.6. The number of benzene rings is 2. The summed E-state index contributed by atoms with van der Waals surface area (Å²) in [6, 6.07) is 15.2. The number of aliphatic carboxylic acids is 1. The van der Waals surface area contributed by atoms with Crippen molar-refractivity contribution >= 4 is 76.3 Å². The Kier molecular flexibility index (Phi) is 9.95. The van der Waals surface area contributed by atoms with E-state index in [9.17, 15) is 24.6 Å². The van der Waals surface area contributed by atoms with Crippen LogP contribution in [0.2, 0.25) is 10.0 Å². The molecule has 2 N–H and O–H groups in total. The summed E-state index contributed by atoms with van der Waals surface area (Å²) in [5.41, 5.74) is 1.62. The van der Waals surface area contributed by atoms with Gasteiger partial charge in [-0.25, -0.2) is 4.57 Å². The minimum atomic E-state index is -1.40. The largest absolute Gasteiger partial charge is 0.543 e. The number of aromatic hydroxyl groups is 1. The third-order valence-electron chi connectivity index (χ3n) is 6.68. The number of rotatable bonds is 11. The Morgan fingerprint density at radius 2 is 1.83 bits per heavy atom. The summed E-state index contributed by atoms with van der Waals surface area (Å²) in [7, 11) is 0. The van der Waals surface area contributed by atoms with Gasteiger partial charge in [0, 0.05) is 44.9 Å². The summed E-state index contributed by atoms with van der Waals surface area (Å²) in [5, 5.41) is 24.7. The molecule has 0 saturated carbocycles. The Morgan fingerprint density at radius 3 is 2.55 bits per heavy atom. The van der Waals surface area contributed by atoms with Gasteiger partial charge in [0.1, 0.15) is 17.2 Å². The van der Waals surface area contributed by atoms with Crippen LogP contribution < -0.4 is 15.0 Å². The molecule has 3 heterocycles. The lowest BCUT2D eigenvalue weighted by Crippen LogP contribution is -2.71. The number of carboxylic acids is 1. The van der Waals surface area contributed by atoms with E-state index in [-0.39, 0.29) is 23.1 Å². The van der Waals surface area contributed by atoms with Crippen LogP contribution in [0.15, 0.2) is 88.1 Å². The Labute approximate surface area is 265 Å². The number of thioether (sulfide) groups is 3.